The second kappa shape index (κ2) is 5.32. The van der Waals surface area contributed by atoms with Crippen molar-refractivity contribution in [1.82, 2.24) is 5.32 Å². The maximum absolute atomic E-state index is 11.7. The first kappa shape index (κ1) is 12.8. The highest BCUT2D eigenvalue weighted by Gasteiger charge is 2.31. The van der Waals surface area contributed by atoms with Gasteiger partial charge in [-0.3, -0.25) is 4.79 Å². The maximum Gasteiger partial charge on any atom is 0.225 e. The maximum atomic E-state index is 11.7. The summed E-state index contributed by atoms with van der Waals surface area (Å²) in [5, 5.41) is 12.7. The van der Waals surface area contributed by atoms with Crippen LogP contribution in [0.4, 0.5) is 0 Å². The SMILES string of the molecule is CCSC1=C(C#N)[C@@H](c2ccc(C)o2)CC(=O)N1. The van der Waals surface area contributed by atoms with E-state index in [0.29, 0.717) is 16.4 Å². The molecule has 0 radical (unpaired) electrons. The standard InChI is InChI=1S/C13H14N2O2S/c1-3-18-13-10(7-14)9(6-12(16)15-13)11-5-4-8(2)17-11/h4-5,9H,3,6H2,1-2H3,(H,15,16)/t9-/m0/s1. The van der Waals surface area contributed by atoms with Crippen LogP contribution in [0.3, 0.4) is 0 Å². The third-order valence-electron chi connectivity index (χ3n) is 2.75. The lowest BCUT2D eigenvalue weighted by Crippen LogP contribution is -2.30. The summed E-state index contributed by atoms with van der Waals surface area (Å²) in [5.41, 5.74) is 0.593. The van der Waals surface area contributed by atoms with Crippen molar-refractivity contribution in [2.24, 2.45) is 0 Å². The normalized spacial score (nSPS) is 19.6. The molecule has 2 heterocycles. The van der Waals surface area contributed by atoms with Gasteiger partial charge in [0.25, 0.3) is 0 Å². The molecular formula is C13H14N2O2S. The van der Waals surface area contributed by atoms with Crippen LogP contribution in [0.1, 0.15) is 30.8 Å². The Balaban J connectivity index is 2.42. The molecule has 18 heavy (non-hydrogen) atoms. The lowest BCUT2D eigenvalue weighted by atomic mass is 9.92. The van der Waals surface area contributed by atoms with E-state index in [-0.39, 0.29) is 18.2 Å². The van der Waals surface area contributed by atoms with Crippen LogP contribution < -0.4 is 5.32 Å². The van der Waals surface area contributed by atoms with Gasteiger partial charge >= 0.3 is 0 Å². The first-order valence-corrected chi connectivity index (χ1v) is 6.77. The van der Waals surface area contributed by atoms with Gasteiger partial charge in [0, 0.05) is 6.42 Å². The van der Waals surface area contributed by atoms with E-state index in [9.17, 15) is 10.1 Å². The quantitative estimate of drug-likeness (QED) is 0.909. The molecule has 1 aliphatic heterocycles. The van der Waals surface area contributed by atoms with Crippen LogP contribution in [0, 0.1) is 18.3 Å². The predicted molar refractivity (Wildman–Crippen MR) is 69.7 cm³/mol. The summed E-state index contributed by atoms with van der Waals surface area (Å²) in [7, 11) is 0. The molecule has 1 aromatic rings. The molecule has 2 rings (SSSR count). The molecule has 1 aromatic heterocycles. The van der Waals surface area contributed by atoms with Crippen molar-refractivity contribution in [1.29, 1.82) is 5.26 Å². The van der Waals surface area contributed by atoms with Crippen LogP contribution in [-0.4, -0.2) is 11.7 Å². The highest BCUT2D eigenvalue weighted by Crippen LogP contribution is 2.36. The molecule has 0 aliphatic carbocycles. The van der Waals surface area contributed by atoms with E-state index in [0.717, 1.165) is 11.5 Å². The second-order valence-corrected chi connectivity index (χ2v) is 5.32. The van der Waals surface area contributed by atoms with Crippen LogP contribution in [0.5, 0.6) is 0 Å². The van der Waals surface area contributed by atoms with Crippen LogP contribution in [0.25, 0.3) is 0 Å². The fraction of sp³-hybridized carbons (Fsp3) is 0.385. The van der Waals surface area contributed by atoms with Crippen LogP contribution in [-0.2, 0) is 4.79 Å². The number of amides is 1. The monoisotopic (exact) mass is 262 g/mol. The topological polar surface area (TPSA) is 66.0 Å². The van der Waals surface area contributed by atoms with Gasteiger partial charge in [0.2, 0.25) is 5.91 Å². The molecule has 0 unspecified atom stereocenters. The van der Waals surface area contributed by atoms with Gasteiger partial charge in [0.15, 0.2) is 0 Å². The highest BCUT2D eigenvalue weighted by atomic mass is 32.2. The van der Waals surface area contributed by atoms with Gasteiger partial charge in [0.05, 0.1) is 22.6 Å². The van der Waals surface area contributed by atoms with Crippen molar-refractivity contribution in [3.63, 3.8) is 0 Å². The molecule has 0 aromatic carbocycles. The Hall–Kier alpha value is -1.67. The smallest absolute Gasteiger partial charge is 0.225 e. The van der Waals surface area contributed by atoms with Gasteiger partial charge in [-0.15, -0.1) is 11.8 Å². The van der Waals surface area contributed by atoms with E-state index < -0.39 is 0 Å². The highest BCUT2D eigenvalue weighted by molar-refractivity contribution is 8.03. The first-order chi connectivity index (χ1) is 8.65. The lowest BCUT2D eigenvalue weighted by Gasteiger charge is -2.23. The lowest BCUT2D eigenvalue weighted by molar-refractivity contribution is -0.120. The molecule has 5 heteroatoms. The van der Waals surface area contributed by atoms with Crippen molar-refractivity contribution < 1.29 is 9.21 Å². The summed E-state index contributed by atoms with van der Waals surface area (Å²) in [6.07, 6.45) is 0.267. The number of nitrogens with one attached hydrogen (secondary N) is 1. The molecule has 1 aliphatic rings. The molecule has 1 amide bonds. The molecule has 0 spiro atoms. The van der Waals surface area contributed by atoms with Crippen LogP contribution in [0.15, 0.2) is 27.2 Å². The number of hydrogen-bond acceptors (Lipinski definition) is 4. The number of carbonyl (C=O) groups is 1. The van der Waals surface area contributed by atoms with Gasteiger partial charge in [-0.05, 0) is 24.8 Å². The Labute approximate surface area is 110 Å². The first-order valence-electron chi connectivity index (χ1n) is 5.79. The zero-order chi connectivity index (χ0) is 13.1. The number of thioether (sulfide) groups is 1. The average Bonchev–Trinajstić information content (AvgIpc) is 2.75. The summed E-state index contributed by atoms with van der Waals surface area (Å²) in [4.78, 5) is 11.7. The van der Waals surface area contributed by atoms with Crippen molar-refractivity contribution >= 4 is 17.7 Å². The largest absolute Gasteiger partial charge is 0.466 e. The minimum absolute atomic E-state index is 0.0657. The Bertz CT molecular complexity index is 539. The number of nitrogens with zero attached hydrogens (tertiary/aromatic N) is 1. The number of rotatable bonds is 3. The third-order valence-corrected chi connectivity index (χ3v) is 3.65. The van der Waals surface area contributed by atoms with Crippen LogP contribution >= 0.6 is 11.8 Å². The predicted octanol–water partition coefficient (Wildman–Crippen LogP) is 2.68. The molecule has 1 N–H and O–H groups in total. The second-order valence-electron chi connectivity index (χ2n) is 4.04. The van der Waals surface area contributed by atoms with Gasteiger partial charge in [0.1, 0.15) is 11.5 Å². The van der Waals surface area contributed by atoms with E-state index >= 15 is 0 Å². The minimum Gasteiger partial charge on any atom is -0.466 e. The molecule has 0 fully saturated rings. The summed E-state index contributed by atoms with van der Waals surface area (Å²) in [5.74, 6) is 1.96. The van der Waals surface area contributed by atoms with Crippen molar-refractivity contribution in [2.75, 3.05) is 5.75 Å². The Kier molecular flexibility index (Phi) is 3.78. The average molecular weight is 262 g/mol. The summed E-state index contributed by atoms with van der Waals surface area (Å²) >= 11 is 1.48. The van der Waals surface area contributed by atoms with Crippen molar-refractivity contribution in [3.8, 4) is 6.07 Å². The van der Waals surface area contributed by atoms with Crippen molar-refractivity contribution in [3.05, 3.63) is 34.3 Å². The zero-order valence-electron chi connectivity index (χ0n) is 10.3. The Morgan fingerprint density at radius 3 is 2.94 bits per heavy atom. The number of allylic oxidation sites excluding steroid dienone is 1. The van der Waals surface area contributed by atoms with E-state index in [1.54, 1.807) is 0 Å². The van der Waals surface area contributed by atoms with Crippen molar-refractivity contribution in [2.45, 2.75) is 26.2 Å². The zero-order valence-corrected chi connectivity index (χ0v) is 11.1. The van der Waals surface area contributed by atoms with Gasteiger partial charge in [-0.1, -0.05) is 6.92 Å². The Morgan fingerprint density at radius 1 is 1.61 bits per heavy atom. The van der Waals surface area contributed by atoms with E-state index in [2.05, 4.69) is 11.4 Å². The molecule has 0 saturated carbocycles. The molecule has 0 bridgehead atoms. The summed E-state index contributed by atoms with van der Waals surface area (Å²) in [6, 6.07) is 5.89. The molecule has 4 nitrogen and oxygen atoms in total. The van der Waals surface area contributed by atoms with E-state index in [1.807, 2.05) is 26.0 Å². The fourth-order valence-corrected chi connectivity index (χ4v) is 2.78. The van der Waals surface area contributed by atoms with Gasteiger partial charge in [-0.2, -0.15) is 5.26 Å². The number of aryl methyl sites for hydroxylation is 1. The van der Waals surface area contributed by atoms with E-state index in [1.165, 1.54) is 11.8 Å². The van der Waals surface area contributed by atoms with Crippen LogP contribution in [0.2, 0.25) is 0 Å². The van der Waals surface area contributed by atoms with Gasteiger partial charge < -0.3 is 9.73 Å². The molecule has 0 saturated heterocycles. The number of furan rings is 1. The van der Waals surface area contributed by atoms with Gasteiger partial charge in [-0.25, -0.2) is 0 Å². The number of nitriles is 1. The minimum atomic E-state index is -0.258. The molecular weight excluding hydrogens is 248 g/mol. The summed E-state index contributed by atoms with van der Waals surface area (Å²) in [6.45, 7) is 3.84. The van der Waals surface area contributed by atoms with E-state index in [4.69, 9.17) is 4.42 Å². The third kappa shape index (κ3) is 2.44. The fourth-order valence-electron chi connectivity index (χ4n) is 1.96. The summed E-state index contributed by atoms with van der Waals surface area (Å²) < 4.78 is 5.56. The number of hydrogen-bond donors (Lipinski definition) is 1. The number of carbonyl (C=O) groups excluding carboxylic acids is 1. The molecule has 1 atom stereocenters. The Morgan fingerprint density at radius 2 is 2.39 bits per heavy atom. The molecule has 94 valence electrons.